The summed E-state index contributed by atoms with van der Waals surface area (Å²) >= 11 is 0. The number of hydrogen-bond acceptors (Lipinski definition) is 0. The van der Waals surface area contributed by atoms with E-state index in [4.69, 9.17) is 0 Å². The van der Waals surface area contributed by atoms with Gasteiger partial charge in [0.25, 0.3) is 0 Å². The molecular formula is C19H20. The molecule has 0 spiro atoms. The molecule has 0 saturated heterocycles. The minimum Gasteiger partial charge on any atom is -0.103 e. The van der Waals surface area contributed by atoms with E-state index in [1.165, 1.54) is 11.1 Å². The first-order valence-corrected chi connectivity index (χ1v) is 6.66. The zero-order valence-electron chi connectivity index (χ0n) is 11.3. The van der Waals surface area contributed by atoms with Gasteiger partial charge in [-0.15, -0.1) is 13.2 Å². The van der Waals surface area contributed by atoms with Gasteiger partial charge in [0.1, 0.15) is 0 Å². The van der Waals surface area contributed by atoms with Crippen LogP contribution in [0.3, 0.4) is 0 Å². The maximum atomic E-state index is 3.94. The van der Waals surface area contributed by atoms with Gasteiger partial charge in [0, 0.05) is 5.41 Å². The highest BCUT2D eigenvalue weighted by Crippen LogP contribution is 2.39. The lowest BCUT2D eigenvalue weighted by molar-refractivity contribution is 0.529. The van der Waals surface area contributed by atoms with Gasteiger partial charge in [0.05, 0.1) is 0 Å². The van der Waals surface area contributed by atoms with Crippen molar-refractivity contribution in [2.45, 2.75) is 18.3 Å². The van der Waals surface area contributed by atoms with Gasteiger partial charge >= 0.3 is 0 Å². The SMILES string of the molecule is C=CCC(CC=C)(c1ccccc1)c1ccccc1. The Morgan fingerprint density at radius 1 is 0.684 bits per heavy atom. The molecule has 0 aliphatic heterocycles. The van der Waals surface area contributed by atoms with Crippen molar-refractivity contribution in [2.24, 2.45) is 0 Å². The average Bonchev–Trinajstić information content (AvgIpc) is 2.49. The Balaban J connectivity index is 2.60. The highest BCUT2D eigenvalue weighted by molar-refractivity contribution is 5.40. The molecule has 2 aromatic rings. The van der Waals surface area contributed by atoms with Crippen LogP contribution in [0.15, 0.2) is 86.0 Å². The monoisotopic (exact) mass is 248 g/mol. The van der Waals surface area contributed by atoms with Crippen LogP contribution in [0, 0.1) is 0 Å². The Morgan fingerprint density at radius 3 is 1.37 bits per heavy atom. The summed E-state index contributed by atoms with van der Waals surface area (Å²) in [5.74, 6) is 0. The molecular weight excluding hydrogens is 228 g/mol. The van der Waals surface area contributed by atoms with Gasteiger partial charge in [-0.25, -0.2) is 0 Å². The molecule has 0 nitrogen and oxygen atoms in total. The molecule has 2 aromatic carbocycles. The van der Waals surface area contributed by atoms with E-state index in [1.807, 2.05) is 12.2 Å². The number of rotatable bonds is 6. The summed E-state index contributed by atoms with van der Waals surface area (Å²) in [7, 11) is 0. The molecule has 0 fully saturated rings. The molecule has 0 heterocycles. The van der Waals surface area contributed by atoms with Crippen molar-refractivity contribution in [3.8, 4) is 0 Å². The normalized spacial score (nSPS) is 10.9. The fraction of sp³-hybridized carbons (Fsp3) is 0.158. The Hall–Kier alpha value is -2.08. The van der Waals surface area contributed by atoms with E-state index in [9.17, 15) is 0 Å². The van der Waals surface area contributed by atoms with E-state index in [0.29, 0.717) is 0 Å². The van der Waals surface area contributed by atoms with Crippen LogP contribution in [0.5, 0.6) is 0 Å². The summed E-state index contributed by atoms with van der Waals surface area (Å²) in [6.45, 7) is 7.89. The Labute approximate surface area is 116 Å². The zero-order chi connectivity index (χ0) is 13.6. The molecule has 0 saturated carbocycles. The molecule has 0 aliphatic rings. The van der Waals surface area contributed by atoms with E-state index in [0.717, 1.165) is 12.8 Å². The van der Waals surface area contributed by atoms with Crippen LogP contribution < -0.4 is 0 Å². The lowest BCUT2D eigenvalue weighted by atomic mass is 9.70. The molecule has 0 aliphatic carbocycles. The van der Waals surface area contributed by atoms with Gasteiger partial charge < -0.3 is 0 Å². The summed E-state index contributed by atoms with van der Waals surface area (Å²) < 4.78 is 0. The first-order chi connectivity index (χ1) is 9.33. The lowest BCUT2D eigenvalue weighted by Gasteiger charge is -2.33. The summed E-state index contributed by atoms with van der Waals surface area (Å²) in [4.78, 5) is 0. The molecule has 0 aromatic heterocycles. The van der Waals surface area contributed by atoms with Crippen molar-refractivity contribution < 1.29 is 0 Å². The largest absolute Gasteiger partial charge is 0.103 e. The van der Waals surface area contributed by atoms with Gasteiger partial charge in [-0.3, -0.25) is 0 Å². The van der Waals surface area contributed by atoms with Crippen LogP contribution in [0.2, 0.25) is 0 Å². The van der Waals surface area contributed by atoms with Gasteiger partial charge in [0.2, 0.25) is 0 Å². The molecule has 0 unspecified atom stereocenters. The third-order valence-electron chi connectivity index (χ3n) is 3.64. The predicted octanol–water partition coefficient (Wildman–Crippen LogP) is 5.12. The van der Waals surface area contributed by atoms with Crippen LogP contribution in [0.4, 0.5) is 0 Å². The predicted molar refractivity (Wildman–Crippen MR) is 83.3 cm³/mol. The van der Waals surface area contributed by atoms with E-state index < -0.39 is 0 Å². The first-order valence-electron chi connectivity index (χ1n) is 6.66. The topological polar surface area (TPSA) is 0 Å². The molecule has 0 radical (unpaired) electrons. The molecule has 2 rings (SSSR count). The number of benzene rings is 2. The third kappa shape index (κ3) is 2.68. The van der Waals surface area contributed by atoms with Crippen molar-refractivity contribution in [3.63, 3.8) is 0 Å². The standard InChI is InChI=1S/C19H20/c1-3-15-19(16-4-2,17-11-7-5-8-12-17)18-13-9-6-10-14-18/h3-14H,1-2,15-16H2. The molecule has 0 N–H and O–H groups in total. The minimum atomic E-state index is -0.0496. The minimum absolute atomic E-state index is 0.0496. The highest BCUT2D eigenvalue weighted by atomic mass is 14.3. The Bertz CT molecular complexity index is 471. The smallest absolute Gasteiger partial charge is 0.0271 e. The molecule has 0 amide bonds. The van der Waals surface area contributed by atoms with Crippen molar-refractivity contribution in [3.05, 3.63) is 97.1 Å². The average molecular weight is 248 g/mol. The third-order valence-corrected chi connectivity index (χ3v) is 3.64. The Morgan fingerprint density at radius 2 is 1.05 bits per heavy atom. The summed E-state index contributed by atoms with van der Waals surface area (Å²) in [6.07, 6.45) is 5.83. The fourth-order valence-electron chi connectivity index (χ4n) is 2.73. The van der Waals surface area contributed by atoms with Gasteiger partial charge in [-0.05, 0) is 24.0 Å². The van der Waals surface area contributed by atoms with Crippen LogP contribution in [0.25, 0.3) is 0 Å². The summed E-state index contributed by atoms with van der Waals surface area (Å²) in [5.41, 5.74) is 2.59. The second-order valence-electron chi connectivity index (χ2n) is 4.80. The molecule has 0 atom stereocenters. The molecule has 96 valence electrons. The lowest BCUT2D eigenvalue weighted by Crippen LogP contribution is -2.26. The highest BCUT2D eigenvalue weighted by Gasteiger charge is 2.31. The van der Waals surface area contributed by atoms with Crippen molar-refractivity contribution in [1.82, 2.24) is 0 Å². The van der Waals surface area contributed by atoms with Crippen molar-refractivity contribution in [2.75, 3.05) is 0 Å². The molecule has 0 heteroatoms. The number of allylic oxidation sites excluding steroid dienone is 2. The maximum absolute atomic E-state index is 3.94. The van der Waals surface area contributed by atoms with Crippen molar-refractivity contribution >= 4 is 0 Å². The van der Waals surface area contributed by atoms with Crippen LogP contribution in [-0.4, -0.2) is 0 Å². The summed E-state index contributed by atoms with van der Waals surface area (Å²) in [5, 5.41) is 0. The maximum Gasteiger partial charge on any atom is 0.0271 e. The van der Waals surface area contributed by atoms with Gasteiger partial charge in [-0.2, -0.15) is 0 Å². The molecule has 19 heavy (non-hydrogen) atoms. The summed E-state index contributed by atoms with van der Waals surface area (Å²) in [6, 6.07) is 21.3. The molecule has 0 bridgehead atoms. The Kier molecular flexibility index (Phi) is 4.35. The van der Waals surface area contributed by atoms with E-state index in [1.54, 1.807) is 0 Å². The van der Waals surface area contributed by atoms with Crippen molar-refractivity contribution in [1.29, 1.82) is 0 Å². The second kappa shape index (κ2) is 6.19. The zero-order valence-corrected chi connectivity index (χ0v) is 11.3. The van der Waals surface area contributed by atoms with Gasteiger partial charge in [0.15, 0.2) is 0 Å². The fourth-order valence-corrected chi connectivity index (χ4v) is 2.73. The quantitative estimate of drug-likeness (QED) is 0.622. The second-order valence-corrected chi connectivity index (χ2v) is 4.80. The van der Waals surface area contributed by atoms with Crippen LogP contribution in [-0.2, 0) is 5.41 Å². The van der Waals surface area contributed by atoms with Crippen LogP contribution in [0.1, 0.15) is 24.0 Å². The van der Waals surface area contributed by atoms with E-state index >= 15 is 0 Å². The van der Waals surface area contributed by atoms with E-state index in [-0.39, 0.29) is 5.41 Å². The van der Waals surface area contributed by atoms with Gasteiger partial charge in [-0.1, -0.05) is 72.8 Å². The van der Waals surface area contributed by atoms with E-state index in [2.05, 4.69) is 73.8 Å². The first kappa shape index (κ1) is 13.4. The number of hydrogen-bond donors (Lipinski definition) is 0. The van der Waals surface area contributed by atoms with Crippen LogP contribution >= 0.6 is 0 Å².